The molecule has 0 unspecified atom stereocenters. The van der Waals surface area contributed by atoms with Crippen LogP contribution >= 0.6 is 11.3 Å². The van der Waals surface area contributed by atoms with Gasteiger partial charge >= 0.3 is 6.18 Å². The van der Waals surface area contributed by atoms with Crippen LogP contribution in [0, 0.1) is 17.8 Å². The smallest absolute Gasteiger partial charge is 0.417 e. The number of hydrogen-bond donors (Lipinski definition) is 2. The quantitative estimate of drug-likeness (QED) is 0.442. The molecule has 0 saturated heterocycles. The first-order valence-corrected chi connectivity index (χ1v) is 12.7. The second-order valence-electron chi connectivity index (χ2n) is 10.5. The number of anilines is 1. The third-order valence-electron chi connectivity index (χ3n) is 8.01. The number of fused-ring (bicyclic) bond motifs is 1. The van der Waals surface area contributed by atoms with Crippen molar-refractivity contribution in [3.05, 3.63) is 40.8 Å². The summed E-state index contributed by atoms with van der Waals surface area (Å²) in [5.74, 6) is 2.10. The fourth-order valence-electron chi connectivity index (χ4n) is 6.98. The molecule has 5 nitrogen and oxygen atoms in total. The number of ether oxygens (including phenoxy) is 1. The normalized spacial score (nSPS) is 27.4. The second kappa shape index (κ2) is 7.85. The van der Waals surface area contributed by atoms with Gasteiger partial charge in [0, 0.05) is 16.5 Å². The van der Waals surface area contributed by atoms with Crippen molar-refractivity contribution in [3.8, 4) is 17.0 Å². The van der Waals surface area contributed by atoms with Crippen LogP contribution < -0.4 is 15.8 Å². The molecule has 4 aliphatic carbocycles. The summed E-state index contributed by atoms with van der Waals surface area (Å²) in [7, 11) is 1.52. The molecule has 4 saturated carbocycles. The van der Waals surface area contributed by atoms with Gasteiger partial charge < -0.3 is 15.8 Å². The Morgan fingerprint density at radius 1 is 1.11 bits per heavy atom. The molecule has 35 heavy (non-hydrogen) atoms. The van der Waals surface area contributed by atoms with Crippen LogP contribution in [0.1, 0.15) is 53.8 Å². The van der Waals surface area contributed by atoms with Crippen molar-refractivity contribution < 1.29 is 22.7 Å². The number of carbonyl (C=O) groups excluding carboxylic acids is 1. The van der Waals surface area contributed by atoms with Crippen LogP contribution in [0.2, 0.25) is 0 Å². The highest BCUT2D eigenvalue weighted by molar-refractivity contribution is 7.21. The van der Waals surface area contributed by atoms with Gasteiger partial charge in [0.1, 0.15) is 15.5 Å². The molecule has 7 rings (SSSR count). The fourth-order valence-corrected chi connectivity index (χ4v) is 8.00. The molecular formula is C26H26F3N3O2S. The Balaban J connectivity index is 1.39. The van der Waals surface area contributed by atoms with E-state index in [-0.39, 0.29) is 37.9 Å². The lowest BCUT2D eigenvalue weighted by Gasteiger charge is -2.56. The number of halogens is 3. The Morgan fingerprint density at radius 2 is 1.71 bits per heavy atom. The third kappa shape index (κ3) is 3.84. The monoisotopic (exact) mass is 501 g/mol. The number of amides is 1. The number of nitrogens with one attached hydrogen (secondary N) is 1. The number of nitrogen functional groups attached to an aromatic ring is 1. The number of carbonyl (C=O) groups is 1. The summed E-state index contributed by atoms with van der Waals surface area (Å²) >= 11 is 0.935. The molecular weight excluding hydrogens is 475 g/mol. The molecule has 9 heteroatoms. The van der Waals surface area contributed by atoms with Gasteiger partial charge in [0.25, 0.3) is 5.91 Å². The Kier molecular flexibility index (Phi) is 5.08. The van der Waals surface area contributed by atoms with Crippen molar-refractivity contribution in [2.45, 2.75) is 50.2 Å². The second-order valence-corrected chi connectivity index (χ2v) is 11.5. The number of aromatic nitrogens is 1. The first-order valence-electron chi connectivity index (χ1n) is 11.9. The van der Waals surface area contributed by atoms with Gasteiger partial charge in [0.05, 0.1) is 24.1 Å². The number of nitrogens with two attached hydrogens (primary N) is 1. The molecule has 3 N–H and O–H groups in total. The van der Waals surface area contributed by atoms with Crippen LogP contribution in [0.3, 0.4) is 0 Å². The summed E-state index contributed by atoms with van der Waals surface area (Å²) in [5.41, 5.74) is 5.63. The molecule has 0 spiro atoms. The zero-order valence-corrected chi connectivity index (χ0v) is 20.1. The maximum atomic E-state index is 14.1. The zero-order valence-electron chi connectivity index (χ0n) is 19.2. The number of pyridine rings is 1. The average molecular weight is 502 g/mol. The van der Waals surface area contributed by atoms with Crippen LogP contribution in [0.25, 0.3) is 21.5 Å². The number of hydrogen-bond acceptors (Lipinski definition) is 5. The van der Waals surface area contributed by atoms with Crippen molar-refractivity contribution in [2.75, 3.05) is 12.8 Å². The van der Waals surface area contributed by atoms with Gasteiger partial charge in [-0.15, -0.1) is 11.3 Å². The van der Waals surface area contributed by atoms with E-state index in [1.165, 1.54) is 26.4 Å². The lowest BCUT2D eigenvalue weighted by Crippen LogP contribution is -2.59. The highest BCUT2D eigenvalue weighted by Crippen LogP contribution is 2.56. The number of alkyl halides is 3. The molecule has 4 bridgehead atoms. The zero-order chi connectivity index (χ0) is 24.5. The van der Waals surface area contributed by atoms with E-state index in [0.29, 0.717) is 29.1 Å². The van der Waals surface area contributed by atoms with E-state index in [9.17, 15) is 18.0 Å². The SMILES string of the molecule is COc1ccc(-c2cc(C(F)(F)F)c3c(N)c(C(=O)NC45CC6CC(CC(C6)C4)C5)sc3n2)cc1. The van der Waals surface area contributed by atoms with Crippen molar-refractivity contribution >= 4 is 33.1 Å². The largest absolute Gasteiger partial charge is 0.497 e. The van der Waals surface area contributed by atoms with Gasteiger partial charge in [-0.05, 0) is 86.6 Å². The molecule has 2 heterocycles. The van der Waals surface area contributed by atoms with Gasteiger partial charge in [-0.2, -0.15) is 13.2 Å². The summed E-state index contributed by atoms with van der Waals surface area (Å²) < 4.78 is 47.5. The van der Waals surface area contributed by atoms with E-state index in [2.05, 4.69) is 10.3 Å². The minimum absolute atomic E-state index is 0.110. The van der Waals surface area contributed by atoms with Gasteiger partial charge in [0.15, 0.2) is 0 Å². The van der Waals surface area contributed by atoms with Crippen LogP contribution in [-0.2, 0) is 6.18 Å². The molecule has 3 aromatic rings. The van der Waals surface area contributed by atoms with Crippen molar-refractivity contribution in [1.82, 2.24) is 10.3 Å². The van der Waals surface area contributed by atoms with Gasteiger partial charge in [-0.3, -0.25) is 4.79 Å². The van der Waals surface area contributed by atoms with Crippen molar-refractivity contribution in [1.29, 1.82) is 0 Å². The molecule has 184 valence electrons. The molecule has 1 aromatic carbocycles. The summed E-state index contributed by atoms with van der Waals surface area (Å²) in [6.45, 7) is 0. The summed E-state index contributed by atoms with van der Waals surface area (Å²) in [4.78, 5) is 18.1. The van der Waals surface area contributed by atoms with E-state index in [0.717, 1.165) is 36.7 Å². The number of benzene rings is 1. The van der Waals surface area contributed by atoms with Gasteiger partial charge in [0.2, 0.25) is 0 Å². The first kappa shape index (κ1) is 22.6. The predicted molar refractivity (Wildman–Crippen MR) is 129 cm³/mol. The average Bonchev–Trinajstić information content (AvgIpc) is 3.13. The van der Waals surface area contributed by atoms with Crippen LogP contribution in [0.4, 0.5) is 18.9 Å². The Hall–Kier alpha value is -2.81. The minimum atomic E-state index is -4.65. The third-order valence-corrected chi connectivity index (χ3v) is 9.11. The molecule has 4 fully saturated rings. The number of thiophene rings is 1. The molecule has 0 atom stereocenters. The fraction of sp³-hybridized carbons (Fsp3) is 0.462. The maximum absolute atomic E-state index is 14.1. The molecule has 0 aliphatic heterocycles. The topological polar surface area (TPSA) is 77.2 Å². The highest BCUT2D eigenvalue weighted by Gasteiger charge is 2.51. The Morgan fingerprint density at radius 3 is 2.26 bits per heavy atom. The molecule has 0 radical (unpaired) electrons. The van der Waals surface area contributed by atoms with Crippen LogP contribution in [0.5, 0.6) is 5.75 Å². The van der Waals surface area contributed by atoms with E-state index in [1.54, 1.807) is 24.3 Å². The summed E-state index contributed by atoms with van der Waals surface area (Å²) in [6.07, 6.45) is 1.88. The summed E-state index contributed by atoms with van der Waals surface area (Å²) in [6, 6.07) is 7.66. The highest BCUT2D eigenvalue weighted by atomic mass is 32.1. The summed E-state index contributed by atoms with van der Waals surface area (Å²) in [5, 5.41) is 3.03. The first-order chi connectivity index (χ1) is 16.6. The number of nitrogens with zero attached hydrogens (tertiary/aromatic N) is 1. The number of methoxy groups -OCH3 is 1. The van der Waals surface area contributed by atoms with E-state index < -0.39 is 11.7 Å². The van der Waals surface area contributed by atoms with Crippen LogP contribution in [-0.4, -0.2) is 23.5 Å². The van der Waals surface area contributed by atoms with E-state index >= 15 is 0 Å². The van der Waals surface area contributed by atoms with E-state index in [1.807, 2.05) is 0 Å². The Labute approximate surface area is 204 Å². The van der Waals surface area contributed by atoms with E-state index in [4.69, 9.17) is 10.5 Å². The van der Waals surface area contributed by atoms with Crippen molar-refractivity contribution in [3.63, 3.8) is 0 Å². The van der Waals surface area contributed by atoms with Gasteiger partial charge in [-0.25, -0.2) is 4.98 Å². The minimum Gasteiger partial charge on any atom is -0.497 e. The predicted octanol–water partition coefficient (Wildman–Crippen LogP) is 6.27. The number of rotatable bonds is 4. The Bertz CT molecular complexity index is 1280. The molecule has 1 amide bonds. The maximum Gasteiger partial charge on any atom is 0.417 e. The lowest BCUT2D eigenvalue weighted by atomic mass is 9.53. The molecule has 2 aromatic heterocycles. The lowest BCUT2D eigenvalue weighted by molar-refractivity contribution is -0.136. The van der Waals surface area contributed by atoms with Crippen molar-refractivity contribution in [2.24, 2.45) is 17.8 Å². The van der Waals surface area contributed by atoms with Gasteiger partial charge in [-0.1, -0.05) is 0 Å². The van der Waals surface area contributed by atoms with Crippen LogP contribution in [0.15, 0.2) is 30.3 Å². The molecule has 4 aliphatic rings. The standard InChI is InChI=1S/C26H26F3N3O2S/c1-34-17-4-2-16(3-5-17)19-9-18(26(27,28)29)20-21(30)22(35-24(20)31-19)23(33)32-25-10-13-6-14(11-25)8-15(7-13)12-25/h2-5,9,13-15H,6-8,10-12,30H2,1H3,(H,32,33).